The summed E-state index contributed by atoms with van der Waals surface area (Å²) in [5.74, 6) is 0.0805. The van der Waals surface area contributed by atoms with Crippen molar-refractivity contribution in [2.24, 2.45) is 0 Å². The van der Waals surface area contributed by atoms with Crippen LogP contribution in [0.1, 0.15) is 11.3 Å². The fraction of sp³-hybridized carbons (Fsp3) is 0.176. The number of fused-ring (bicyclic) bond motifs is 1. The fourth-order valence-electron chi connectivity index (χ4n) is 2.45. The maximum absolute atomic E-state index is 12.1. The molecule has 1 heterocycles. The molecule has 0 bridgehead atoms. The Bertz CT molecular complexity index is 927. The van der Waals surface area contributed by atoms with Gasteiger partial charge in [-0.15, -0.1) is 0 Å². The molecule has 2 N–H and O–H groups in total. The van der Waals surface area contributed by atoms with Crippen LogP contribution in [0.5, 0.6) is 5.88 Å². The van der Waals surface area contributed by atoms with Crippen molar-refractivity contribution >= 4 is 20.9 Å². The molecule has 0 fully saturated rings. The normalized spacial score (nSPS) is 11.9. The van der Waals surface area contributed by atoms with Crippen LogP contribution in [0.25, 0.3) is 10.8 Å². The lowest BCUT2D eigenvalue weighted by Gasteiger charge is -2.05. The third kappa shape index (κ3) is 3.23. The number of aromatic amines is 1. The van der Waals surface area contributed by atoms with Crippen LogP contribution in [0.4, 0.5) is 0 Å². The summed E-state index contributed by atoms with van der Waals surface area (Å²) in [5.41, 5.74) is 1.73. The minimum atomic E-state index is -3.77. The molecular weight excluding hydrogens is 314 g/mol. The van der Waals surface area contributed by atoms with Gasteiger partial charge in [-0.1, -0.05) is 35.9 Å². The van der Waals surface area contributed by atoms with E-state index in [0.29, 0.717) is 11.8 Å². The highest BCUT2D eigenvalue weighted by molar-refractivity contribution is 7.86. The summed E-state index contributed by atoms with van der Waals surface area (Å²) >= 11 is 0. The lowest BCUT2D eigenvalue weighted by molar-refractivity contribution is 0.321. The van der Waals surface area contributed by atoms with Crippen LogP contribution in [0, 0.1) is 6.92 Å². The van der Waals surface area contributed by atoms with Crippen molar-refractivity contribution in [1.29, 1.82) is 0 Å². The molecule has 0 radical (unpaired) electrons. The number of nitrogens with one attached hydrogen (secondary N) is 1. The molecule has 6 heteroatoms. The highest BCUT2D eigenvalue weighted by Gasteiger charge is 2.16. The third-order valence-electron chi connectivity index (χ3n) is 3.68. The number of hydrogen-bond acceptors (Lipinski definition) is 4. The van der Waals surface area contributed by atoms with Crippen LogP contribution in [-0.2, 0) is 20.7 Å². The van der Waals surface area contributed by atoms with E-state index >= 15 is 0 Å². The van der Waals surface area contributed by atoms with E-state index in [4.69, 9.17) is 4.18 Å². The van der Waals surface area contributed by atoms with Crippen LogP contribution in [0.3, 0.4) is 0 Å². The molecular formula is C17H17NO4S. The van der Waals surface area contributed by atoms with Crippen molar-refractivity contribution in [3.63, 3.8) is 0 Å². The van der Waals surface area contributed by atoms with Crippen molar-refractivity contribution in [3.05, 3.63) is 59.8 Å². The zero-order valence-corrected chi connectivity index (χ0v) is 13.4. The first-order chi connectivity index (χ1) is 11.0. The summed E-state index contributed by atoms with van der Waals surface area (Å²) in [6.45, 7) is 1.89. The second-order valence-corrected chi connectivity index (χ2v) is 6.95. The first kappa shape index (κ1) is 15.6. The predicted octanol–water partition coefficient (Wildman–Crippen LogP) is 3.13. The average molecular weight is 331 g/mol. The van der Waals surface area contributed by atoms with Crippen molar-refractivity contribution in [1.82, 2.24) is 4.98 Å². The Morgan fingerprint density at radius 3 is 2.39 bits per heavy atom. The van der Waals surface area contributed by atoms with E-state index in [1.165, 1.54) is 12.1 Å². The second-order valence-electron chi connectivity index (χ2n) is 5.34. The fourth-order valence-corrected chi connectivity index (χ4v) is 3.36. The van der Waals surface area contributed by atoms with E-state index in [1.54, 1.807) is 18.2 Å². The third-order valence-corrected chi connectivity index (χ3v) is 5.00. The molecule has 0 aliphatic rings. The minimum Gasteiger partial charge on any atom is -0.494 e. The minimum absolute atomic E-state index is 0.000156. The van der Waals surface area contributed by atoms with Gasteiger partial charge in [-0.25, -0.2) is 0 Å². The molecule has 0 saturated carbocycles. The summed E-state index contributed by atoms with van der Waals surface area (Å²) < 4.78 is 29.3. The van der Waals surface area contributed by atoms with Gasteiger partial charge in [0, 0.05) is 22.9 Å². The number of hydrogen-bond donors (Lipinski definition) is 2. The summed E-state index contributed by atoms with van der Waals surface area (Å²) in [7, 11) is -3.77. The molecule has 0 saturated heterocycles. The average Bonchev–Trinajstić information content (AvgIpc) is 2.85. The van der Waals surface area contributed by atoms with Gasteiger partial charge < -0.3 is 10.1 Å². The smallest absolute Gasteiger partial charge is 0.296 e. The Hall–Kier alpha value is -2.31. The van der Waals surface area contributed by atoms with Crippen LogP contribution in [0.2, 0.25) is 0 Å². The molecule has 0 aliphatic heterocycles. The van der Waals surface area contributed by atoms with Crippen molar-refractivity contribution in [2.75, 3.05) is 6.61 Å². The Morgan fingerprint density at radius 1 is 1.04 bits per heavy atom. The first-order valence-corrected chi connectivity index (χ1v) is 8.63. The number of aromatic nitrogens is 1. The molecule has 23 heavy (non-hydrogen) atoms. The van der Waals surface area contributed by atoms with Gasteiger partial charge in [0.15, 0.2) is 5.88 Å². The number of benzene rings is 2. The molecule has 1 aromatic heterocycles. The quantitative estimate of drug-likeness (QED) is 0.704. The highest BCUT2D eigenvalue weighted by Crippen LogP contribution is 2.27. The van der Waals surface area contributed by atoms with Crippen LogP contribution < -0.4 is 0 Å². The van der Waals surface area contributed by atoms with Gasteiger partial charge in [-0.2, -0.15) is 8.42 Å². The Balaban J connectivity index is 1.72. The summed E-state index contributed by atoms with van der Waals surface area (Å²) in [6.07, 6.45) is 0.353. The lowest BCUT2D eigenvalue weighted by Crippen LogP contribution is -2.09. The highest BCUT2D eigenvalue weighted by atomic mass is 32.2. The maximum Gasteiger partial charge on any atom is 0.296 e. The number of aryl methyl sites for hydroxylation is 1. The number of rotatable bonds is 5. The van der Waals surface area contributed by atoms with E-state index in [0.717, 1.165) is 16.6 Å². The van der Waals surface area contributed by atoms with Crippen molar-refractivity contribution in [2.45, 2.75) is 18.2 Å². The predicted molar refractivity (Wildman–Crippen MR) is 88.0 cm³/mol. The molecule has 3 aromatic rings. The summed E-state index contributed by atoms with van der Waals surface area (Å²) in [5, 5.41) is 11.4. The molecule has 5 nitrogen and oxygen atoms in total. The number of aromatic hydroxyl groups is 1. The van der Waals surface area contributed by atoms with E-state index in [9.17, 15) is 13.5 Å². The van der Waals surface area contributed by atoms with Crippen LogP contribution >= 0.6 is 0 Å². The van der Waals surface area contributed by atoms with Gasteiger partial charge in [0.05, 0.1) is 11.5 Å². The Labute approximate surface area is 134 Å². The Morgan fingerprint density at radius 2 is 1.70 bits per heavy atom. The van der Waals surface area contributed by atoms with E-state index in [-0.39, 0.29) is 17.4 Å². The molecule has 3 rings (SSSR count). The van der Waals surface area contributed by atoms with Gasteiger partial charge in [0.25, 0.3) is 10.1 Å². The maximum atomic E-state index is 12.1. The number of H-pyrrole nitrogens is 1. The standard InChI is InChI=1S/C17H17NO4S/c1-12-6-8-13(9-7-12)23(20,21)22-11-10-16-14-4-2-3-5-15(14)17(19)18-16/h2-9,18-19H,10-11H2,1H3. The zero-order chi connectivity index (χ0) is 16.4. The van der Waals surface area contributed by atoms with Gasteiger partial charge in [0.1, 0.15) is 0 Å². The van der Waals surface area contributed by atoms with Crippen LogP contribution in [-0.4, -0.2) is 25.1 Å². The summed E-state index contributed by atoms with van der Waals surface area (Å²) in [4.78, 5) is 3.01. The van der Waals surface area contributed by atoms with Crippen LogP contribution in [0.15, 0.2) is 53.4 Å². The topological polar surface area (TPSA) is 79.4 Å². The van der Waals surface area contributed by atoms with Gasteiger partial charge in [-0.05, 0) is 25.1 Å². The van der Waals surface area contributed by atoms with E-state index in [1.807, 2.05) is 25.1 Å². The SMILES string of the molecule is Cc1ccc(S(=O)(=O)OCCc2[nH]c(O)c3ccccc23)cc1. The Kier molecular flexibility index (Phi) is 4.11. The molecule has 120 valence electrons. The molecule has 0 unspecified atom stereocenters. The summed E-state index contributed by atoms with van der Waals surface area (Å²) in [6, 6.07) is 13.9. The van der Waals surface area contributed by atoms with E-state index < -0.39 is 10.1 Å². The zero-order valence-electron chi connectivity index (χ0n) is 12.6. The van der Waals surface area contributed by atoms with E-state index in [2.05, 4.69) is 4.98 Å². The van der Waals surface area contributed by atoms with Crippen molar-refractivity contribution < 1.29 is 17.7 Å². The second kappa shape index (κ2) is 6.06. The van der Waals surface area contributed by atoms with Gasteiger partial charge >= 0.3 is 0 Å². The molecule has 0 spiro atoms. The van der Waals surface area contributed by atoms with Gasteiger partial charge in [-0.3, -0.25) is 4.18 Å². The van der Waals surface area contributed by atoms with Crippen molar-refractivity contribution in [3.8, 4) is 5.88 Å². The molecule has 0 amide bonds. The molecule has 0 aliphatic carbocycles. The molecule has 0 atom stereocenters. The largest absolute Gasteiger partial charge is 0.494 e. The lowest BCUT2D eigenvalue weighted by atomic mass is 10.1. The molecule has 2 aromatic carbocycles. The van der Waals surface area contributed by atoms with Gasteiger partial charge in [0.2, 0.25) is 0 Å². The monoisotopic (exact) mass is 331 g/mol. The first-order valence-electron chi connectivity index (χ1n) is 7.22.